The summed E-state index contributed by atoms with van der Waals surface area (Å²) in [6.45, 7) is 9.65. The van der Waals surface area contributed by atoms with E-state index in [1.165, 1.54) is 5.01 Å². The Bertz CT molecular complexity index is 382. The SMILES string of the molecule is CC(C)N1CCO[C@H]2CN(Cc3nccs3)C[C@H]21. The molecule has 18 heavy (non-hydrogen) atoms. The van der Waals surface area contributed by atoms with Crippen LogP contribution in [0.5, 0.6) is 0 Å². The Kier molecular flexibility index (Phi) is 3.66. The summed E-state index contributed by atoms with van der Waals surface area (Å²) in [4.78, 5) is 9.45. The number of nitrogens with zero attached hydrogens (tertiary/aromatic N) is 3. The fourth-order valence-corrected chi connectivity index (χ4v) is 3.74. The molecule has 0 aliphatic carbocycles. The van der Waals surface area contributed by atoms with Gasteiger partial charge in [0.15, 0.2) is 0 Å². The van der Waals surface area contributed by atoms with E-state index in [1.54, 1.807) is 11.3 Å². The van der Waals surface area contributed by atoms with Crippen LogP contribution in [-0.2, 0) is 11.3 Å². The van der Waals surface area contributed by atoms with E-state index in [0.29, 0.717) is 18.2 Å². The van der Waals surface area contributed by atoms with Crippen LogP contribution in [0.25, 0.3) is 0 Å². The second-order valence-electron chi connectivity index (χ2n) is 5.43. The number of aromatic nitrogens is 1. The molecule has 0 N–H and O–H groups in total. The molecule has 0 saturated carbocycles. The van der Waals surface area contributed by atoms with E-state index in [9.17, 15) is 0 Å². The average Bonchev–Trinajstić information content (AvgIpc) is 2.96. The molecule has 2 aliphatic rings. The van der Waals surface area contributed by atoms with E-state index in [2.05, 4.69) is 34.0 Å². The van der Waals surface area contributed by atoms with Gasteiger partial charge in [0.2, 0.25) is 0 Å². The van der Waals surface area contributed by atoms with E-state index in [1.807, 2.05) is 6.20 Å². The first-order chi connectivity index (χ1) is 8.74. The van der Waals surface area contributed by atoms with Gasteiger partial charge in [0.25, 0.3) is 0 Å². The van der Waals surface area contributed by atoms with Gasteiger partial charge in [-0.15, -0.1) is 11.3 Å². The summed E-state index contributed by atoms with van der Waals surface area (Å²) in [6.07, 6.45) is 2.28. The molecule has 1 aromatic rings. The van der Waals surface area contributed by atoms with Gasteiger partial charge in [-0.1, -0.05) is 0 Å². The molecule has 0 bridgehead atoms. The van der Waals surface area contributed by atoms with Crippen molar-refractivity contribution in [2.75, 3.05) is 26.2 Å². The summed E-state index contributed by atoms with van der Waals surface area (Å²) in [6, 6.07) is 1.18. The smallest absolute Gasteiger partial charge is 0.107 e. The molecule has 5 heteroatoms. The average molecular weight is 267 g/mol. The van der Waals surface area contributed by atoms with Crippen molar-refractivity contribution in [3.8, 4) is 0 Å². The molecule has 0 radical (unpaired) electrons. The molecule has 100 valence electrons. The van der Waals surface area contributed by atoms with Gasteiger partial charge in [0.1, 0.15) is 5.01 Å². The normalized spacial score (nSPS) is 29.9. The van der Waals surface area contributed by atoms with E-state index >= 15 is 0 Å². The quantitative estimate of drug-likeness (QED) is 0.828. The van der Waals surface area contributed by atoms with Gasteiger partial charge in [-0.05, 0) is 13.8 Å². The van der Waals surface area contributed by atoms with E-state index in [-0.39, 0.29) is 0 Å². The number of thiazole rings is 1. The summed E-state index contributed by atoms with van der Waals surface area (Å²) >= 11 is 1.74. The van der Waals surface area contributed by atoms with Crippen LogP contribution in [0.2, 0.25) is 0 Å². The van der Waals surface area contributed by atoms with Gasteiger partial charge in [-0.25, -0.2) is 4.98 Å². The van der Waals surface area contributed by atoms with Crippen molar-refractivity contribution in [2.45, 2.75) is 38.6 Å². The molecular formula is C13H21N3OS. The zero-order chi connectivity index (χ0) is 12.5. The largest absolute Gasteiger partial charge is 0.374 e. The summed E-state index contributed by atoms with van der Waals surface area (Å²) in [5.74, 6) is 0. The monoisotopic (exact) mass is 267 g/mol. The molecule has 0 unspecified atom stereocenters. The number of ether oxygens (including phenoxy) is 1. The Morgan fingerprint density at radius 1 is 1.50 bits per heavy atom. The highest BCUT2D eigenvalue weighted by atomic mass is 32.1. The van der Waals surface area contributed by atoms with Gasteiger partial charge < -0.3 is 4.74 Å². The number of rotatable bonds is 3. The fraction of sp³-hybridized carbons (Fsp3) is 0.769. The van der Waals surface area contributed by atoms with Gasteiger partial charge in [0, 0.05) is 37.3 Å². The van der Waals surface area contributed by atoms with E-state index in [0.717, 1.165) is 32.8 Å². The van der Waals surface area contributed by atoms with Crippen molar-refractivity contribution < 1.29 is 4.74 Å². The molecule has 2 fully saturated rings. The highest BCUT2D eigenvalue weighted by Gasteiger charge is 2.40. The third kappa shape index (κ3) is 2.45. The lowest BCUT2D eigenvalue weighted by Crippen LogP contribution is -2.53. The maximum absolute atomic E-state index is 5.93. The lowest BCUT2D eigenvalue weighted by molar-refractivity contribution is -0.0583. The lowest BCUT2D eigenvalue weighted by atomic mass is 10.1. The summed E-state index contributed by atoms with van der Waals surface area (Å²) < 4.78 is 5.93. The van der Waals surface area contributed by atoms with Gasteiger partial charge in [-0.2, -0.15) is 0 Å². The number of fused-ring (bicyclic) bond motifs is 1. The third-order valence-electron chi connectivity index (χ3n) is 3.93. The molecule has 2 aliphatic heterocycles. The van der Waals surface area contributed by atoms with Crippen LogP contribution in [0.1, 0.15) is 18.9 Å². The minimum Gasteiger partial charge on any atom is -0.374 e. The summed E-state index contributed by atoms with van der Waals surface area (Å²) in [5.41, 5.74) is 0. The van der Waals surface area contributed by atoms with Crippen LogP contribution in [-0.4, -0.2) is 59.2 Å². The van der Waals surface area contributed by atoms with E-state index < -0.39 is 0 Å². The molecule has 2 atom stereocenters. The minimum atomic E-state index is 0.390. The van der Waals surface area contributed by atoms with Crippen LogP contribution < -0.4 is 0 Å². The molecule has 3 heterocycles. The fourth-order valence-electron chi connectivity index (χ4n) is 3.08. The predicted molar refractivity (Wildman–Crippen MR) is 72.8 cm³/mol. The van der Waals surface area contributed by atoms with Crippen LogP contribution in [0, 0.1) is 0 Å². The molecule has 1 aromatic heterocycles. The predicted octanol–water partition coefficient (Wildman–Crippen LogP) is 1.44. The Morgan fingerprint density at radius 2 is 2.39 bits per heavy atom. The third-order valence-corrected chi connectivity index (χ3v) is 4.69. The highest BCUT2D eigenvalue weighted by molar-refractivity contribution is 7.09. The second kappa shape index (κ2) is 5.25. The zero-order valence-electron chi connectivity index (χ0n) is 11.1. The first-order valence-corrected chi connectivity index (χ1v) is 7.60. The highest BCUT2D eigenvalue weighted by Crippen LogP contribution is 2.25. The van der Waals surface area contributed by atoms with Crippen LogP contribution in [0.3, 0.4) is 0 Å². The molecule has 0 amide bonds. The molecule has 0 aromatic carbocycles. The standard InChI is InChI=1S/C13H21N3OS/c1-10(2)16-4-5-17-12-8-15(7-11(12)16)9-13-14-3-6-18-13/h3,6,10-12H,4-5,7-9H2,1-2H3/t11-,12+/m1/s1. The van der Waals surface area contributed by atoms with E-state index in [4.69, 9.17) is 4.74 Å². The number of hydrogen-bond acceptors (Lipinski definition) is 5. The number of hydrogen-bond donors (Lipinski definition) is 0. The second-order valence-corrected chi connectivity index (χ2v) is 6.41. The molecule has 3 rings (SSSR count). The van der Waals surface area contributed by atoms with Crippen molar-refractivity contribution in [3.63, 3.8) is 0 Å². The molecule has 0 spiro atoms. The maximum atomic E-state index is 5.93. The first-order valence-electron chi connectivity index (χ1n) is 6.72. The van der Waals surface area contributed by atoms with Crippen LogP contribution in [0.15, 0.2) is 11.6 Å². The summed E-state index contributed by atoms with van der Waals surface area (Å²) in [7, 11) is 0. The number of morpholine rings is 1. The Hall–Kier alpha value is -0.490. The molecule has 4 nitrogen and oxygen atoms in total. The Morgan fingerprint density at radius 3 is 3.11 bits per heavy atom. The van der Waals surface area contributed by atoms with Gasteiger partial charge in [0.05, 0.1) is 25.3 Å². The Balaban J connectivity index is 1.65. The van der Waals surface area contributed by atoms with Crippen molar-refractivity contribution in [2.24, 2.45) is 0 Å². The minimum absolute atomic E-state index is 0.390. The molecule has 2 saturated heterocycles. The van der Waals surface area contributed by atoms with Gasteiger partial charge >= 0.3 is 0 Å². The van der Waals surface area contributed by atoms with Crippen molar-refractivity contribution in [1.29, 1.82) is 0 Å². The topological polar surface area (TPSA) is 28.6 Å². The molecular weight excluding hydrogens is 246 g/mol. The van der Waals surface area contributed by atoms with Crippen molar-refractivity contribution in [1.82, 2.24) is 14.8 Å². The van der Waals surface area contributed by atoms with Crippen LogP contribution in [0.4, 0.5) is 0 Å². The number of likely N-dealkylation sites (tertiary alicyclic amines) is 1. The lowest BCUT2D eigenvalue weighted by Gasteiger charge is -2.39. The van der Waals surface area contributed by atoms with Gasteiger partial charge in [-0.3, -0.25) is 9.80 Å². The van der Waals surface area contributed by atoms with Crippen molar-refractivity contribution in [3.05, 3.63) is 16.6 Å². The first kappa shape index (κ1) is 12.5. The zero-order valence-corrected chi connectivity index (χ0v) is 11.9. The summed E-state index contributed by atoms with van der Waals surface area (Å²) in [5, 5.41) is 3.26. The van der Waals surface area contributed by atoms with Crippen LogP contribution >= 0.6 is 11.3 Å². The maximum Gasteiger partial charge on any atom is 0.107 e. The Labute approximate surface area is 113 Å². The van der Waals surface area contributed by atoms with Crippen molar-refractivity contribution >= 4 is 11.3 Å².